The van der Waals surface area contributed by atoms with Crippen molar-refractivity contribution in [3.05, 3.63) is 21.9 Å². The summed E-state index contributed by atoms with van der Waals surface area (Å²) in [6, 6.07) is 2.92. The maximum absolute atomic E-state index is 3.65. The van der Waals surface area contributed by atoms with E-state index >= 15 is 0 Å². The molecule has 0 spiro atoms. The van der Waals surface area contributed by atoms with Crippen molar-refractivity contribution in [2.24, 2.45) is 5.41 Å². The zero-order valence-electron chi connectivity index (χ0n) is 14.2. The minimum atomic E-state index is 0.395. The van der Waals surface area contributed by atoms with E-state index in [9.17, 15) is 0 Å². The number of rotatable bonds is 8. The van der Waals surface area contributed by atoms with E-state index in [0.717, 1.165) is 13.1 Å². The Labute approximate surface area is 134 Å². The Morgan fingerprint density at radius 2 is 2.19 bits per heavy atom. The van der Waals surface area contributed by atoms with Crippen molar-refractivity contribution < 1.29 is 0 Å². The van der Waals surface area contributed by atoms with Crippen LogP contribution in [-0.4, -0.2) is 31.1 Å². The largest absolute Gasteiger partial charge is 0.316 e. The van der Waals surface area contributed by atoms with Crippen LogP contribution in [0, 0.1) is 5.41 Å². The molecule has 0 fully saturated rings. The van der Waals surface area contributed by atoms with Crippen LogP contribution in [0.1, 0.15) is 63.4 Å². The molecule has 2 rings (SSSR count). The molecule has 0 saturated heterocycles. The summed E-state index contributed by atoms with van der Waals surface area (Å²) in [6.07, 6.45) is 5.04. The Morgan fingerprint density at radius 1 is 1.38 bits per heavy atom. The lowest BCUT2D eigenvalue weighted by Gasteiger charge is -2.41. The van der Waals surface area contributed by atoms with Crippen LogP contribution >= 0.6 is 11.3 Å². The predicted octanol–water partition coefficient (Wildman–Crippen LogP) is 4.47. The molecule has 0 aromatic carbocycles. The number of hydrogen-bond donors (Lipinski definition) is 1. The van der Waals surface area contributed by atoms with Gasteiger partial charge in [-0.2, -0.15) is 0 Å². The van der Waals surface area contributed by atoms with Gasteiger partial charge in [-0.25, -0.2) is 0 Å². The van der Waals surface area contributed by atoms with E-state index in [2.05, 4.69) is 49.4 Å². The summed E-state index contributed by atoms with van der Waals surface area (Å²) >= 11 is 1.94. The normalized spacial score (nSPS) is 22.0. The third-order valence-electron chi connectivity index (χ3n) is 4.82. The molecule has 120 valence electrons. The second-order valence-corrected chi connectivity index (χ2v) is 7.93. The molecule has 1 aliphatic heterocycles. The monoisotopic (exact) mass is 308 g/mol. The van der Waals surface area contributed by atoms with Crippen LogP contribution in [-0.2, 0) is 6.42 Å². The second kappa shape index (κ2) is 7.75. The third-order valence-corrected chi connectivity index (χ3v) is 5.82. The molecule has 0 radical (unpaired) electrons. The molecule has 2 unspecified atom stereocenters. The highest BCUT2D eigenvalue weighted by Gasteiger charge is 2.31. The summed E-state index contributed by atoms with van der Waals surface area (Å²) in [5.41, 5.74) is 1.97. The van der Waals surface area contributed by atoms with Crippen molar-refractivity contribution >= 4 is 11.3 Å². The van der Waals surface area contributed by atoms with Crippen LogP contribution in [0.5, 0.6) is 0 Å². The summed E-state index contributed by atoms with van der Waals surface area (Å²) in [7, 11) is 0. The van der Waals surface area contributed by atoms with Crippen molar-refractivity contribution in [3.63, 3.8) is 0 Å². The molecular formula is C18H32N2S. The molecule has 2 atom stereocenters. The van der Waals surface area contributed by atoms with E-state index < -0.39 is 0 Å². The molecule has 2 nitrogen and oxygen atoms in total. The maximum atomic E-state index is 3.65. The maximum Gasteiger partial charge on any atom is 0.0331 e. The fourth-order valence-corrected chi connectivity index (χ4v) is 4.62. The van der Waals surface area contributed by atoms with Crippen LogP contribution in [0.15, 0.2) is 11.4 Å². The molecule has 3 heteroatoms. The van der Waals surface area contributed by atoms with Gasteiger partial charge in [0.1, 0.15) is 0 Å². The average Bonchev–Trinajstić information content (AvgIpc) is 2.92. The van der Waals surface area contributed by atoms with E-state index in [4.69, 9.17) is 0 Å². The molecule has 21 heavy (non-hydrogen) atoms. The average molecular weight is 309 g/mol. The third kappa shape index (κ3) is 4.30. The molecule has 0 aliphatic carbocycles. The van der Waals surface area contributed by atoms with Gasteiger partial charge in [0.15, 0.2) is 0 Å². The van der Waals surface area contributed by atoms with Crippen molar-refractivity contribution in [2.45, 2.75) is 59.4 Å². The molecule has 1 aromatic rings. The lowest BCUT2D eigenvalue weighted by atomic mass is 9.83. The molecular weight excluding hydrogens is 276 g/mol. The van der Waals surface area contributed by atoms with Crippen molar-refractivity contribution in [1.29, 1.82) is 0 Å². The summed E-state index contributed by atoms with van der Waals surface area (Å²) in [6.45, 7) is 14.1. The lowest BCUT2D eigenvalue weighted by Crippen LogP contribution is -2.45. The quantitative estimate of drug-likeness (QED) is 0.713. The number of hydrogen-bond acceptors (Lipinski definition) is 3. The Bertz CT molecular complexity index is 429. The molecule has 1 aliphatic rings. The number of nitrogens with one attached hydrogen (secondary N) is 1. The van der Waals surface area contributed by atoms with E-state index in [-0.39, 0.29) is 0 Å². The van der Waals surface area contributed by atoms with Gasteiger partial charge in [-0.05, 0) is 55.2 Å². The summed E-state index contributed by atoms with van der Waals surface area (Å²) in [4.78, 5) is 4.32. The van der Waals surface area contributed by atoms with Gasteiger partial charge in [-0.3, -0.25) is 4.90 Å². The molecule has 1 aromatic heterocycles. The zero-order chi connectivity index (χ0) is 15.3. The fraction of sp³-hybridized carbons (Fsp3) is 0.778. The smallest absolute Gasteiger partial charge is 0.0331 e. The van der Waals surface area contributed by atoms with Gasteiger partial charge < -0.3 is 5.32 Å². The Kier molecular flexibility index (Phi) is 6.27. The summed E-state index contributed by atoms with van der Waals surface area (Å²) in [5, 5.41) is 5.92. The van der Waals surface area contributed by atoms with Gasteiger partial charge in [0, 0.05) is 30.6 Å². The minimum Gasteiger partial charge on any atom is -0.316 e. The molecule has 0 saturated carbocycles. The Morgan fingerprint density at radius 3 is 2.90 bits per heavy atom. The molecule has 0 bridgehead atoms. The van der Waals surface area contributed by atoms with E-state index in [1.807, 2.05) is 11.3 Å². The van der Waals surface area contributed by atoms with Gasteiger partial charge in [-0.1, -0.05) is 27.2 Å². The highest BCUT2D eigenvalue weighted by Crippen LogP contribution is 2.35. The highest BCUT2D eigenvalue weighted by molar-refractivity contribution is 7.10. The SMILES string of the molecule is CCCNCC(C)(CCC)CN1CCc2sccc2C1C. The molecule has 1 N–H and O–H groups in total. The fourth-order valence-electron chi connectivity index (χ4n) is 3.66. The zero-order valence-corrected chi connectivity index (χ0v) is 15.1. The van der Waals surface area contributed by atoms with Gasteiger partial charge in [0.05, 0.1) is 0 Å². The highest BCUT2D eigenvalue weighted by atomic mass is 32.1. The van der Waals surface area contributed by atoms with E-state index in [0.29, 0.717) is 11.5 Å². The lowest BCUT2D eigenvalue weighted by molar-refractivity contribution is 0.110. The van der Waals surface area contributed by atoms with Crippen LogP contribution in [0.3, 0.4) is 0 Å². The Hall–Kier alpha value is -0.380. The van der Waals surface area contributed by atoms with E-state index in [1.165, 1.54) is 38.8 Å². The first-order valence-electron chi connectivity index (χ1n) is 8.60. The standard InChI is InChI=1S/C18H32N2S/c1-5-9-18(4,13-19-10-6-2)14-20-11-7-17-16(15(20)3)8-12-21-17/h8,12,15,19H,5-7,9-11,13-14H2,1-4H3. The van der Waals surface area contributed by atoms with Crippen LogP contribution in [0.2, 0.25) is 0 Å². The number of fused-ring (bicyclic) bond motifs is 1. The van der Waals surface area contributed by atoms with Crippen LogP contribution in [0.4, 0.5) is 0 Å². The Balaban J connectivity index is 2.00. The van der Waals surface area contributed by atoms with Gasteiger partial charge in [-0.15, -0.1) is 11.3 Å². The summed E-state index contributed by atoms with van der Waals surface area (Å²) < 4.78 is 0. The first-order valence-corrected chi connectivity index (χ1v) is 9.48. The number of thiophene rings is 1. The van der Waals surface area contributed by atoms with Crippen molar-refractivity contribution in [3.8, 4) is 0 Å². The van der Waals surface area contributed by atoms with Crippen molar-refractivity contribution in [2.75, 3.05) is 26.2 Å². The van der Waals surface area contributed by atoms with Gasteiger partial charge in [0.2, 0.25) is 0 Å². The van der Waals surface area contributed by atoms with Crippen LogP contribution < -0.4 is 5.32 Å². The first kappa shape index (κ1) is 17.0. The second-order valence-electron chi connectivity index (χ2n) is 6.93. The van der Waals surface area contributed by atoms with Crippen LogP contribution in [0.25, 0.3) is 0 Å². The minimum absolute atomic E-state index is 0.395. The first-order chi connectivity index (χ1) is 10.1. The predicted molar refractivity (Wildman–Crippen MR) is 94.2 cm³/mol. The van der Waals surface area contributed by atoms with E-state index in [1.54, 1.807) is 10.4 Å². The molecule has 2 heterocycles. The summed E-state index contributed by atoms with van der Waals surface area (Å²) in [5.74, 6) is 0. The van der Waals surface area contributed by atoms with Crippen molar-refractivity contribution in [1.82, 2.24) is 10.2 Å². The van der Waals surface area contributed by atoms with Gasteiger partial charge in [0.25, 0.3) is 0 Å². The molecule has 0 amide bonds. The topological polar surface area (TPSA) is 15.3 Å². The van der Waals surface area contributed by atoms with Gasteiger partial charge >= 0.3 is 0 Å². The number of nitrogens with zero attached hydrogens (tertiary/aromatic N) is 1.